The summed E-state index contributed by atoms with van der Waals surface area (Å²) in [6, 6.07) is 10.0. The topological polar surface area (TPSA) is 183 Å². The molecular weight excluding hydrogens is 790 g/mol. The zero-order valence-electron chi connectivity index (χ0n) is 32.8. The van der Waals surface area contributed by atoms with Crippen molar-refractivity contribution in [3.05, 3.63) is 86.0 Å². The Bertz CT molecular complexity index is 2280. The lowest BCUT2D eigenvalue weighted by Crippen LogP contribution is -2.55. The molecule has 1 aromatic heterocycles. The molecule has 14 nitrogen and oxygen atoms in total. The molecule has 4 aliphatic rings. The number of piperidine rings is 1. The normalized spacial score (nSPS) is 23.1. The van der Waals surface area contributed by atoms with E-state index in [2.05, 4.69) is 5.32 Å². The van der Waals surface area contributed by atoms with E-state index in [4.69, 9.17) is 30.5 Å². The second-order valence-electron chi connectivity index (χ2n) is 15.3. The quantitative estimate of drug-likeness (QED) is 0.222. The van der Waals surface area contributed by atoms with Gasteiger partial charge in [-0.2, -0.15) is 11.8 Å². The van der Waals surface area contributed by atoms with Crippen molar-refractivity contribution >= 4 is 46.7 Å². The molecule has 3 aliphatic heterocycles. The van der Waals surface area contributed by atoms with E-state index in [-0.39, 0.29) is 74.6 Å². The summed E-state index contributed by atoms with van der Waals surface area (Å²) in [5.74, 6) is -4.20. The largest absolute Gasteiger partial charge is 0.507 e. The lowest BCUT2D eigenvalue weighted by atomic mass is 9.69. The molecule has 58 heavy (non-hydrogen) atoms. The number of fused-ring (bicyclic) bond motifs is 5. The lowest BCUT2D eigenvalue weighted by Gasteiger charge is -2.43. The summed E-state index contributed by atoms with van der Waals surface area (Å²) in [6.45, 7) is 2.94. The Balaban J connectivity index is 1.24. The van der Waals surface area contributed by atoms with Crippen LogP contribution in [0.15, 0.2) is 58.6 Å². The maximum atomic E-state index is 14.5. The highest BCUT2D eigenvalue weighted by atomic mass is 35.5. The summed E-state index contributed by atoms with van der Waals surface area (Å²) in [4.78, 5) is 71.7. The molecule has 1 saturated heterocycles. The van der Waals surface area contributed by atoms with Crippen molar-refractivity contribution in [2.24, 2.45) is 11.8 Å². The fraction of sp³-hybridized carbons (Fsp3) is 0.452. The van der Waals surface area contributed by atoms with Crippen LogP contribution in [0, 0.1) is 11.8 Å². The van der Waals surface area contributed by atoms with Gasteiger partial charge in [0.15, 0.2) is 28.8 Å². The van der Waals surface area contributed by atoms with Gasteiger partial charge in [-0.25, -0.2) is 0 Å². The summed E-state index contributed by atoms with van der Waals surface area (Å²) >= 11 is 8.18. The summed E-state index contributed by atoms with van der Waals surface area (Å²) in [7, 11) is 4.09. The van der Waals surface area contributed by atoms with Crippen molar-refractivity contribution in [3.63, 3.8) is 0 Å². The molecule has 16 heteroatoms. The lowest BCUT2D eigenvalue weighted by molar-refractivity contribution is -0.139. The first-order valence-electron chi connectivity index (χ1n) is 19.1. The third kappa shape index (κ3) is 6.95. The number of amides is 2. The molecule has 0 saturated carbocycles. The van der Waals surface area contributed by atoms with Crippen LogP contribution in [0.3, 0.4) is 0 Å². The van der Waals surface area contributed by atoms with Crippen LogP contribution in [0.2, 0.25) is 5.02 Å². The first kappa shape index (κ1) is 41.0. The number of methoxy groups -OCH3 is 3. The smallest absolute Gasteiger partial charge is 0.250 e. The third-order valence-corrected chi connectivity index (χ3v) is 12.9. The molecule has 1 fully saturated rings. The molecular formula is C42H46ClN3O11S. The molecule has 6 unspecified atom stereocenters. The van der Waals surface area contributed by atoms with Crippen LogP contribution in [-0.4, -0.2) is 101 Å². The van der Waals surface area contributed by atoms with E-state index >= 15 is 0 Å². The number of aromatic hydroxyl groups is 1. The highest BCUT2D eigenvalue weighted by Gasteiger charge is 2.61. The van der Waals surface area contributed by atoms with E-state index in [0.29, 0.717) is 37.4 Å². The van der Waals surface area contributed by atoms with Crippen LogP contribution < -0.4 is 29.8 Å². The molecule has 3 N–H and O–H groups in total. The van der Waals surface area contributed by atoms with Gasteiger partial charge in [0, 0.05) is 73.6 Å². The number of carbonyl (C=O) groups excluding carboxylic acids is 4. The SMILES string of the molecule is COc1cc(C(CC(=O)NC(CCSC)C(=O)N2CC3CC(C2)c2cccc(=O)n2C3)C2=C(O)C3(Oc4c(Cl)c(OC)cc(OC)c4C3=O)C(C)CC2=O)ccc1O. The number of phenols is 1. The number of Topliss-reactive ketones (excluding diaryl/α,β-unsaturated/α-hetero) is 2. The number of nitrogens with zero attached hydrogens (tertiary/aromatic N) is 2. The minimum absolute atomic E-state index is 0.0272. The van der Waals surface area contributed by atoms with Crippen molar-refractivity contribution in [1.82, 2.24) is 14.8 Å². The van der Waals surface area contributed by atoms with Gasteiger partial charge in [0.1, 0.15) is 28.1 Å². The van der Waals surface area contributed by atoms with Crippen LogP contribution in [0.25, 0.3) is 0 Å². The van der Waals surface area contributed by atoms with E-state index in [1.807, 2.05) is 12.3 Å². The fourth-order valence-corrected chi connectivity index (χ4v) is 9.80. The second-order valence-corrected chi connectivity index (χ2v) is 16.7. The maximum absolute atomic E-state index is 14.5. The van der Waals surface area contributed by atoms with E-state index in [1.54, 1.807) is 28.5 Å². The zero-order valence-corrected chi connectivity index (χ0v) is 34.4. The van der Waals surface area contributed by atoms with Crippen LogP contribution in [0.4, 0.5) is 0 Å². The van der Waals surface area contributed by atoms with Gasteiger partial charge in [0.25, 0.3) is 5.56 Å². The summed E-state index contributed by atoms with van der Waals surface area (Å²) in [5, 5.41) is 25.7. The summed E-state index contributed by atoms with van der Waals surface area (Å²) in [6.07, 6.45) is 2.40. The van der Waals surface area contributed by atoms with Crippen molar-refractivity contribution in [2.75, 3.05) is 46.4 Å². The van der Waals surface area contributed by atoms with Gasteiger partial charge < -0.3 is 43.9 Å². The molecule has 1 aliphatic carbocycles. The van der Waals surface area contributed by atoms with E-state index < -0.39 is 53.1 Å². The molecule has 7 rings (SSSR count). The van der Waals surface area contributed by atoms with E-state index in [0.717, 1.165) is 12.1 Å². The van der Waals surface area contributed by atoms with Gasteiger partial charge in [-0.05, 0) is 54.5 Å². The predicted molar refractivity (Wildman–Crippen MR) is 216 cm³/mol. The molecule has 3 aromatic rings. The monoisotopic (exact) mass is 835 g/mol. The molecule has 1 spiro atoms. The number of rotatable bonds is 12. The average Bonchev–Trinajstić information content (AvgIpc) is 3.53. The molecule has 6 atom stereocenters. The summed E-state index contributed by atoms with van der Waals surface area (Å²) in [5.41, 5.74) is -1.25. The first-order chi connectivity index (χ1) is 27.8. The number of pyridine rings is 1. The van der Waals surface area contributed by atoms with Crippen molar-refractivity contribution in [3.8, 4) is 28.7 Å². The summed E-state index contributed by atoms with van der Waals surface area (Å²) < 4.78 is 24.4. The van der Waals surface area contributed by atoms with Gasteiger partial charge in [-0.15, -0.1) is 0 Å². The number of thioether (sulfide) groups is 1. The Morgan fingerprint density at radius 2 is 1.76 bits per heavy atom. The van der Waals surface area contributed by atoms with Crippen molar-refractivity contribution in [1.29, 1.82) is 0 Å². The Hall–Kier alpha value is -5.15. The number of ketones is 2. The van der Waals surface area contributed by atoms with Crippen molar-refractivity contribution < 1.29 is 48.3 Å². The van der Waals surface area contributed by atoms with Gasteiger partial charge in [0.2, 0.25) is 23.2 Å². The number of ether oxygens (including phenoxy) is 4. The number of phenolic OH excluding ortho intramolecular Hbond substituents is 1. The number of carbonyl (C=O) groups is 4. The van der Waals surface area contributed by atoms with Crippen LogP contribution in [0.5, 0.6) is 28.7 Å². The molecule has 308 valence electrons. The fourth-order valence-electron chi connectivity index (χ4n) is 9.06. The van der Waals surface area contributed by atoms with E-state index in [1.165, 1.54) is 57.4 Å². The molecule has 2 bridgehead atoms. The minimum Gasteiger partial charge on any atom is -0.507 e. The number of aliphatic hydroxyl groups is 1. The maximum Gasteiger partial charge on any atom is 0.250 e. The minimum atomic E-state index is -2.11. The number of hydrogen-bond donors (Lipinski definition) is 3. The number of halogens is 1. The Labute approximate surface area is 344 Å². The predicted octanol–water partition coefficient (Wildman–Crippen LogP) is 5.03. The molecule has 2 amide bonds. The molecule has 4 heterocycles. The highest BCUT2D eigenvalue weighted by Crippen LogP contribution is 2.56. The number of hydrogen-bond acceptors (Lipinski definition) is 12. The number of nitrogens with one attached hydrogen (secondary N) is 1. The van der Waals surface area contributed by atoms with Gasteiger partial charge >= 0.3 is 0 Å². The second kappa shape index (κ2) is 16.2. The first-order valence-corrected chi connectivity index (χ1v) is 20.8. The Kier molecular flexibility index (Phi) is 11.5. The molecule has 0 radical (unpaired) electrons. The van der Waals surface area contributed by atoms with Gasteiger partial charge in [-0.1, -0.05) is 30.7 Å². The van der Waals surface area contributed by atoms with Crippen LogP contribution >= 0.6 is 23.4 Å². The van der Waals surface area contributed by atoms with Gasteiger partial charge in [0.05, 0.1) is 21.3 Å². The highest BCUT2D eigenvalue weighted by molar-refractivity contribution is 7.98. The Morgan fingerprint density at radius 3 is 2.47 bits per heavy atom. The standard InChI is InChI=1S/C42H46ClN3O11S/c1-21-13-29(48)35(39(51)42(21)40(52)36-31(55-3)17-32(56-4)37(43)38(36)57-42)25(23-9-10-28(47)30(15-23)54-2)16-33(49)44-26(11-12-58-5)41(53)45-18-22-14-24(20-45)27-7-6-8-34(50)46(27)19-22/h6-10,15,17,21-22,24-26,47,51H,11-14,16,18-20H2,1-5H3,(H,44,49). The number of benzene rings is 2. The van der Waals surface area contributed by atoms with Crippen LogP contribution in [0.1, 0.15) is 66.1 Å². The average molecular weight is 836 g/mol. The number of aromatic nitrogens is 1. The number of aliphatic hydroxyl groups excluding tert-OH is 1. The zero-order chi connectivity index (χ0) is 41.6. The van der Waals surface area contributed by atoms with E-state index in [9.17, 15) is 34.2 Å². The number of allylic oxidation sites excluding steroid dienone is 1. The Morgan fingerprint density at radius 1 is 1.02 bits per heavy atom. The van der Waals surface area contributed by atoms with Crippen LogP contribution in [-0.2, 0) is 20.9 Å². The van der Waals surface area contributed by atoms with Crippen molar-refractivity contribution in [2.45, 2.75) is 62.6 Å². The number of likely N-dealkylation sites (tertiary alicyclic amines) is 1. The third-order valence-electron chi connectivity index (χ3n) is 11.9. The van der Waals surface area contributed by atoms with Gasteiger partial charge in [-0.3, -0.25) is 24.0 Å². The molecule has 2 aromatic carbocycles.